The van der Waals surface area contributed by atoms with E-state index in [4.69, 9.17) is 5.73 Å². The lowest BCUT2D eigenvalue weighted by molar-refractivity contribution is -0.135. The van der Waals surface area contributed by atoms with Crippen LogP contribution in [0.5, 0.6) is 0 Å². The summed E-state index contributed by atoms with van der Waals surface area (Å²) in [7, 11) is 1.86. The third-order valence-electron chi connectivity index (χ3n) is 4.75. The highest BCUT2D eigenvalue weighted by Gasteiger charge is 2.29. The Kier molecular flexibility index (Phi) is 7.00. The van der Waals surface area contributed by atoms with Gasteiger partial charge in [-0.25, -0.2) is 4.79 Å². The van der Waals surface area contributed by atoms with E-state index in [9.17, 15) is 14.4 Å². The van der Waals surface area contributed by atoms with Crippen LogP contribution < -0.4 is 11.1 Å². The number of hydrogen-bond acceptors (Lipinski definition) is 3. The summed E-state index contributed by atoms with van der Waals surface area (Å²) in [6.07, 6.45) is 3.48. The lowest BCUT2D eigenvalue weighted by Gasteiger charge is -2.33. The number of nitrogens with zero attached hydrogens (tertiary/aromatic N) is 2. The number of anilines is 1. The molecule has 0 aliphatic carbocycles. The van der Waals surface area contributed by atoms with Crippen LogP contribution in [-0.4, -0.2) is 54.3 Å². The topological polar surface area (TPSA) is 95.7 Å². The van der Waals surface area contributed by atoms with Crippen molar-refractivity contribution < 1.29 is 14.4 Å². The van der Waals surface area contributed by atoms with Gasteiger partial charge in [0.15, 0.2) is 0 Å². The second kappa shape index (κ2) is 9.22. The van der Waals surface area contributed by atoms with E-state index < -0.39 is 6.03 Å². The second-order valence-corrected chi connectivity index (χ2v) is 6.75. The fourth-order valence-corrected chi connectivity index (χ4v) is 3.17. The minimum Gasteiger partial charge on any atom is -0.351 e. The van der Waals surface area contributed by atoms with E-state index in [-0.39, 0.29) is 17.7 Å². The van der Waals surface area contributed by atoms with Crippen LogP contribution in [0, 0.1) is 5.92 Å². The maximum atomic E-state index is 12.6. The Labute approximate surface area is 154 Å². The van der Waals surface area contributed by atoms with Gasteiger partial charge in [0.25, 0.3) is 5.91 Å². The average molecular weight is 360 g/mol. The average Bonchev–Trinajstić information content (AvgIpc) is 2.65. The Balaban J connectivity index is 1.87. The Hall–Kier alpha value is -2.57. The van der Waals surface area contributed by atoms with E-state index in [1.54, 1.807) is 29.2 Å². The molecule has 3 N–H and O–H groups in total. The van der Waals surface area contributed by atoms with Gasteiger partial charge in [0, 0.05) is 43.9 Å². The lowest BCUT2D eigenvalue weighted by atomic mass is 9.94. The molecule has 1 heterocycles. The fraction of sp³-hybridized carbons (Fsp3) is 0.526. The van der Waals surface area contributed by atoms with Gasteiger partial charge >= 0.3 is 6.03 Å². The van der Waals surface area contributed by atoms with E-state index >= 15 is 0 Å². The summed E-state index contributed by atoms with van der Waals surface area (Å²) in [6.45, 7) is 4.06. The number of unbranched alkanes of at least 4 members (excludes halogenated alkanes) is 1. The summed E-state index contributed by atoms with van der Waals surface area (Å²) < 4.78 is 0. The molecule has 0 radical (unpaired) electrons. The van der Waals surface area contributed by atoms with Crippen LogP contribution in [0.2, 0.25) is 0 Å². The van der Waals surface area contributed by atoms with E-state index in [0.29, 0.717) is 37.2 Å². The number of hydrogen-bond donors (Lipinski definition) is 2. The number of carbonyl (C=O) groups excluding carboxylic acids is 3. The van der Waals surface area contributed by atoms with Crippen molar-refractivity contribution >= 4 is 23.5 Å². The summed E-state index contributed by atoms with van der Waals surface area (Å²) in [5.41, 5.74) is 6.18. The monoisotopic (exact) mass is 360 g/mol. The molecule has 0 saturated carbocycles. The molecule has 1 aliphatic heterocycles. The van der Waals surface area contributed by atoms with Crippen LogP contribution in [0.1, 0.15) is 43.0 Å². The molecule has 2 rings (SSSR count). The van der Waals surface area contributed by atoms with Crippen LogP contribution in [0.4, 0.5) is 10.5 Å². The molecule has 0 spiro atoms. The molecular formula is C19H28N4O3. The Bertz CT molecular complexity index is 637. The predicted molar refractivity (Wildman–Crippen MR) is 101 cm³/mol. The third kappa shape index (κ3) is 5.21. The molecule has 1 aromatic carbocycles. The first-order chi connectivity index (χ1) is 12.4. The molecule has 0 aromatic heterocycles. The second-order valence-electron chi connectivity index (χ2n) is 6.75. The van der Waals surface area contributed by atoms with Crippen molar-refractivity contribution in [1.82, 2.24) is 9.80 Å². The molecule has 1 fully saturated rings. The van der Waals surface area contributed by atoms with E-state index in [2.05, 4.69) is 12.2 Å². The van der Waals surface area contributed by atoms with Gasteiger partial charge in [-0.2, -0.15) is 0 Å². The van der Waals surface area contributed by atoms with Gasteiger partial charge in [-0.15, -0.1) is 0 Å². The molecule has 7 nitrogen and oxygen atoms in total. The van der Waals surface area contributed by atoms with Crippen molar-refractivity contribution in [2.45, 2.75) is 32.6 Å². The molecule has 0 unspecified atom stereocenters. The van der Waals surface area contributed by atoms with Crippen LogP contribution in [-0.2, 0) is 4.79 Å². The largest absolute Gasteiger partial charge is 0.351 e. The highest BCUT2D eigenvalue weighted by atomic mass is 16.2. The van der Waals surface area contributed by atoms with E-state index in [1.165, 1.54) is 0 Å². The van der Waals surface area contributed by atoms with Gasteiger partial charge in [-0.1, -0.05) is 13.3 Å². The van der Waals surface area contributed by atoms with Crippen molar-refractivity contribution in [2.75, 3.05) is 32.0 Å². The molecule has 1 aromatic rings. The van der Waals surface area contributed by atoms with Gasteiger partial charge in [-0.3, -0.25) is 9.59 Å². The number of benzene rings is 1. The maximum Gasteiger partial charge on any atom is 0.316 e. The Morgan fingerprint density at radius 1 is 1.19 bits per heavy atom. The van der Waals surface area contributed by atoms with Gasteiger partial charge < -0.3 is 20.9 Å². The van der Waals surface area contributed by atoms with Crippen molar-refractivity contribution in [3.8, 4) is 0 Å². The first-order valence-electron chi connectivity index (χ1n) is 9.13. The summed E-state index contributed by atoms with van der Waals surface area (Å²) in [5, 5.41) is 2.47. The van der Waals surface area contributed by atoms with Crippen molar-refractivity contribution in [1.29, 1.82) is 0 Å². The minimum atomic E-state index is -0.639. The van der Waals surface area contributed by atoms with Gasteiger partial charge in [-0.05, 0) is 43.5 Å². The highest BCUT2D eigenvalue weighted by molar-refractivity contribution is 5.95. The van der Waals surface area contributed by atoms with Crippen LogP contribution in [0.15, 0.2) is 24.3 Å². The fourth-order valence-electron chi connectivity index (χ4n) is 3.17. The predicted octanol–water partition coefficient (Wildman–Crippen LogP) is 2.29. The van der Waals surface area contributed by atoms with Crippen molar-refractivity contribution in [3.63, 3.8) is 0 Å². The zero-order valence-corrected chi connectivity index (χ0v) is 15.5. The van der Waals surface area contributed by atoms with Gasteiger partial charge in [0.2, 0.25) is 5.91 Å². The number of urea groups is 1. The number of piperidine rings is 1. The maximum absolute atomic E-state index is 12.6. The molecule has 7 heteroatoms. The number of primary amides is 1. The summed E-state index contributed by atoms with van der Waals surface area (Å²) >= 11 is 0. The number of nitrogens with two attached hydrogens (primary N) is 1. The zero-order chi connectivity index (χ0) is 19.1. The lowest BCUT2D eigenvalue weighted by Crippen LogP contribution is -2.43. The smallest absolute Gasteiger partial charge is 0.316 e. The van der Waals surface area contributed by atoms with E-state index in [0.717, 1.165) is 19.4 Å². The molecule has 142 valence electrons. The molecule has 1 aliphatic rings. The number of amides is 4. The molecule has 1 saturated heterocycles. The van der Waals surface area contributed by atoms with Crippen LogP contribution >= 0.6 is 0 Å². The van der Waals surface area contributed by atoms with Crippen LogP contribution in [0.3, 0.4) is 0 Å². The quantitative estimate of drug-likeness (QED) is 0.815. The van der Waals surface area contributed by atoms with Crippen molar-refractivity contribution in [2.24, 2.45) is 11.7 Å². The summed E-state index contributed by atoms with van der Waals surface area (Å²) in [5.74, 6) is 0.135. The molecule has 0 atom stereocenters. The normalized spacial score (nSPS) is 14.8. The molecule has 0 bridgehead atoms. The zero-order valence-electron chi connectivity index (χ0n) is 15.5. The first-order valence-corrected chi connectivity index (χ1v) is 9.13. The summed E-state index contributed by atoms with van der Waals surface area (Å²) in [4.78, 5) is 39.5. The van der Waals surface area contributed by atoms with Gasteiger partial charge in [0.05, 0.1) is 0 Å². The Morgan fingerprint density at radius 2 is 1.81 bits per heavy atom. The number of likely N-dealkylation sites (tertiary alicyclic amines) is 1. The van der Waals surface area contributed by atoms with Crippen molar-refractivity contribution in [3.05, 3.63) is 29.8 Å². The van der Waals surface area contributed by atoms with E-state index in [1.807, 2.05) is 11.9 Å². The van der Waals surface area contributed by atoms with Gasteiger partial charge in [0.1, 0.15) is 0 Å². The molecule has 4 amide bonds. The minimum absolute atomic E-state index is 0.00282. The van der Waals surface area contributed by atoms with Crippen LogP contribution in [0.25, 0.3) is 0 Å². The number of rotatable bonds is 6. The SMILES string of the molecule is CCCCN(C)C(=O)C1CCN(C(=O)c2ccc(NC(N)=O)cc2)CC1. The molecular weight excluding hydrogens is 332 g/mol. The first kappa shape index (κ1) is 19.8. The summed E-state index contributed by atoms with van der Waals surface area (Å²) in [6, 6.07) is 6.00. The molecule has 26 heavy (non-hydrogen) atoms. The number of carbonyl (C=O) groups is 3. The highest BCUT2D eigenvalue weighted by Crippen LogP contribution is 2.21. The number of nitrogens with one attached hydrogen (secondary N) is 1. The third-order valence-corrected chi connectivity index (χ3v) is 4.75. The Morgan fingerprint density at radius 3 is 2.35 bits per heavy atom. The standard InChI is InChI=1S/C19H28N4O3/c1-3-4-11-22(2)17(24)15-9-12-23(13-10-15)18(25)14-5-7-16(8-6-14)21-19(20)26/h5-8,15H,3-4,9-13H2,1-2H3,(H3,20,21,26).